The van der Waals surface area contributed by atoms with E-state index in [0.717, 1.165) is 12.1 Å². The molecule has 3 aromatic rings. The number of aliphatic hydroxyl groups is 2. The van der Waals surface area contributed by atoms with Gasteiger partial charge in [-0.1, -0.05) is 32.9 Å². The third kappa shape index (κ3) is 8.46. The molecular formula is C34H48N10O4. The molecule has 1 aromatic carbocycles. The summed E-state index contributed by atoms with van der Waals surface area (Å²) < 4.78 is 7.88. The third-order valence-electron chi connectivity index (χ3n) is 8.90. The number of terminal acetylenes is 1. The highest BCUT2D eigenvalue weighted by Crippen LogP contribution is 2.37. The van der Waals surface area contributed by atoms with Gasteiger partial charge in [0.1, 0.15) is 24.6 Å². The molecule has 2 aromatic heterocycles. The summed E-state index contributed by atoms with van der Waals surface area (Å²) in [5, 5.41) is 39.5. The second-order valence-electron chi connectivity index (χ2n) is 13.8. The zero-order valence-corrected chi connectivity index (χ0v) is 28.4. The molecule has 2 amide bonds. The molecule has 4 atom stereocenters. The molecule has 258 valence electrons. The summed E-state index contributed by atoms with van der Waals surface area (Å²) in [6.07, 6.45) is 7.22. The van der Waals surface area contributed by atoms with E-state index in [4.69, 9.17) is 11.2 Å². The molecule has 0 bridgehead atoms. The van der Waals surface area contributed by atoms with Crippen molar-refractivity contribution in [1.29, 1.82) is 0 Å². The molecule has 0 spiro atoms. The molecule has 0 aliphatic carbocycles. The van der Waals surface area contributed by atoms with Crippen molar-refractivity contribution >= 4 is 28.7 Å². The highest BCUT2D eigenvalue weighted by Gasteiger charge is 2.45. The Morgan fingerprint density at radius 2 is 1.85 bits per heavy atom. The molecule has 4 heterocycles. The van der Waals surface area contributed by atoms with E-state index in [9.17, 15) is 15.0 Å². The first kappa shape index (κ1) is 35.2. The first-order valence-electron chi connectivity index (χ1n) is 16.6. The number of rotatable bonds is 15. The zero-order valence-electron chi connectivity index (χ0n) is 28.4. The number of anilines is 2. The van der Waals surface area contributed by atoms with Gasteiger partial charge in [-0.25, -0.2) is 19.7 Å². The van der Waals surface area contributed by atoms with Crippen molar-refractivity contribution in [2.45, 2.75) is 102 Å². The second kappa shape index (κ2) is 14.9. The lowest BCUT2D eigenvalue weighted by Gasteiger charge is -2.30. The number of carbonyl (C=O) groups is 1. The third-order valence-corrected chi connectivity index (χ3v) is 8.90. The fourth-order valence-corrected chi connectivity index (χ4v) is 5.83. The van der Waals surface area contributed by atoms with Gasteiger partial charge in [-0.15, -0.1) is 12.3 Å². The van der Waals surface area contributed by atoms with Gasteiger partial charge in [-0.3, -0.25) is 9.47 Å². The number of carbonyl (C=O) groups excluding carboxylic acids is 1. The number of aliphatic hydroxyl groups excluding tert-OH is 2. The van der Waals surface area contributed by atoms with Crippen molar-refractivity contribution in [2.24, 2.45) is 10.2 Å². The van der Waals surface area contributed by atoms with Gasteiger partial charge in [0, 0.05) is 57.2 Å². The smallest absolute Gasteiger partial charge is 0.319 e. The van der Waals surface area contributed by atoms with Gasteiger partial charge in [0.05, 0.1) is 6.33 Å². The zero-order chi connectivity index (χ0) is 34.5. The van der Waals surface area contributed by atoms with Gasteiger partial charge in [0.15, 0.2) is 28.9 Å². The van der Waals surface area contributed by atoms with Crippen LogP contribution in [0.3, 0.4) is 0 Å². The van der Waals surface area contributed by atoms with Crippen LogP contribution >= 0.6 is 0 Å². The van der Waals surface area contributed by atoms with Crippen LogP contribution in [0.15, 0.2) is 47.1 Å². The number of ether oxygens (including phenoxy) is 1. The van der Waals surface area contributed by atoms with Crippen LogP contribution in [0.2, 0.25) is 0 Å². The number of benzene rings is 1. The van der Waals surface area contributed by atoms with E-state index in [1.54, 1.807) is 10.9 Å². The number of amides is 2. The Labute approximate surface area is 281 Å². The predicted octanol–water partition coefficient (Wildman–Crippen LogP) is 4.04. The molecule has 14 heteroatoms. The number of imidazole rings is 1. The van der Waals surface area contributed by atoms with E-state index >= 15 is 0 Å². The average molecular weight is 661 g/mol. The van der Waals surface area contributed by atoms with Crippen molar-refractivity contribution in [3.63, 3.8) is 0 Å². The minimum atomic E-state index is -1.19. The number of aromatic nitrogens is 4. The monoisotopic (exact) mass is 660 g/mol. The molecule has 0 saturated carbocycles. The lowest BCUT2D eigenvalue weighted by atomic mass is 9.87. The lowest BCUT2D eigenvalue weighted by molar-refractivity contribution is -0.0468. The van der Waals surface area contributed by atoms with Crippen LogP contribution in [0.1, 0.15) is 72.1 Å². The summed E-state index contributed by atoms with van der Waals surface area (Å²) in [5.74, 6) is 3.18. The summed E-state index contributed by atoms with van der Waals surface area (Å²) in [4.78, 5) is 27.9. The highest BCUT2D eigenvalue weighted by molar-refractivity contribution is 5.89. The van der Waals surface area contributed by atoms with Crippen LogP contribution in [0.4, 0.5) is 16.3 Å². The van der Waals surface area contributed by atoms with Gasteiger partial charge < -0.3 is 30.9 Å². The first-order valence-corrected chi connectivity index (χ1v) is 16.6. The van der Waals surface area contributed by atoms with Gasteiger partial charge in [-0.2, -0.15) is 10.2 Å². The molecule has 2 aliphatic rings. The molecule has 48 heavy (non-hydrogen) atoms. The fourth-order valence-electron chi connectivity index (χ4n) is 5.83. The van der Waals surface area contributed by atoms with Crippen LogP contribution in [0.5, 0.6) is 0 Å². The number of urea groups is 1. The van der Waals surface area contributed by atoms with Gasteiger partial charge >= 0.3 is 6.03 Å². The van der Waals surface area contributed by atoms with Crippen molar-refractivity contribution in [1.82, 2.24) is 29.7 Å². The van der Waals surface area contributed by atoms with E-state index in [-0.39, 0.29) is 17.5 Å². The standard InChI is InChI=1S/C34H48N10O4/c1-7-8-14-34(41-42-34)15-17-35-29-26-30(38-20-37-29)44(21-39-26)31-28(46)27(45)25(48-31)19-43(22(2)3)18-9-16-36-32(47)40-24-12-10-23(11-13-24)33(4,5)6/h1,10-13,20-22,25,27-28,31,45-46H,8-9,14-19H2,2-6H3,(H,35,37,38)(H2,36,40,47)/t25-,27-,28-,31-/m1/s1. The largest absolute Gasteiger partial charge is 0.387 e. The quantitative estimate of drug-likeness (QED) is 0.119. The Balaban J connectivity index is 1.12. The molecule has 2 aliphatic heterocycles. The summed E-state index contributed by atoms with van der Waals surface area (Å²) >= 11 is 0. The molecule has 5 N–H and O–H groups in total. The molecule has 0 radical (unpaired) electrons. The SMILES string of the molecule is C#CCCC1(CCNc2ncnc3c2ncn3[C@@H]2O[C@H](CN(CCCNC(=O)Nc3ccc(C(C)(C)C)cc3)C(C)C)[C@@H](O)[C@H]2O)N=N1. The maximum absolute atomic E-state index is 12.5. The summed E-state index contributed by atoms with van der Waals surface area (Å²) in [6, 6.07) is 7.75. The number of nitrogens with zero attached hydrogens (tertiary/aromatic N) is 7. The Morgan fingerprint density at radius 3 is 2.52 bits per heavy atom. The lowest BCUT2D eigenvalue weighted by Crippen LogP contribution is -2.44. The van der Waals surface area contributed by atoms with E-state index in [0.29, 0.717) is 62.4 Å². The van der Waals surface area contributed by atoms with Crippen molar-refractivity contribution < 1.29 is 19.7 Å². The molecule has 1 fully saturated rings. The van der Waals surface area contributed by atoms with Crippen LogP contribution in [-0.4, -0.2) is 96.9 Å². The van der Waals surface area contributed by atoms with Crippen molar-refractivity contribution in [2.75, 3.05) is 36.8 Å². The predicted molar refractivity (Wildman–Crippen MR) is 183 cm³/mol. The van der Waals surface area contributed by atoms with E-state index in [2.05, 4.69) is 86.6 Å². The maximum atomic E-state index is 12.5. The Morgan fingerprint density at radius 1 is 1.10 bits per heavy atom. The second-order valence-corrected chi connectivity index (χ2v) is 13.8. The average Bonchev–Trinajstić information content (AvgIpc) is 3.60. The topological polar surface area (TPSA) is 174 Å². The van der Waals surface area contributed by atoms with Crippen LogP contribution < -0.4 is 16.0 Å². The van der Waals surface area contributed by atoms with Crippen molar-refractivity contribution in [3.05, 3.63) is 42.5 Å². The highest BCUT2D eigenvalue weighted by atomic mass is 16.6. The molecule has 1 saturated heterocycles. The van der Waals surface area contributed by atoms with Crippen molar-refractivity contribution in [3.8, 4) is 12.3 Å². The first-order chi connectivity index (χ1) is 22.9. The molecule has 0 unspecified atom stereocenters. The Hall–Kier alpha value is -4.16. The number of nitrogens with one attached hydrogen (secondary N) is 3. The molecule has 14 nitrogen and oxygen atoms in total. The number of hydrogen-bond acceptors (Lipinski definition) is 11. The molecule has 5 rings (SSSR count). The fraction of sp³-hybridized carbons (Fsp3) is 0.588. The summed E-state index contributed by atoms with van der Waals surface area (Å²) in [6.45, 7) is 12.7. The van der Waals surface area contributed by atoms with Gasteiger partial charge in [-0.05, 0) is 43.4 Å². The Kier molecular flexibility index (Phi) is 10.9. The van der Waals surface area contributed by atoms with Crippen LogP contribution in [0, 0.1) is 12.3 Å². The van der Waals surface area contributed by atoms with E-state index in [1.165, 1.54) is 11.9 Å². The summed E-state index contributed by atoms with van der Waals surface area (Å²) in [7, 11) is 0. The van der Waals surface area contributed by atoms with Crippen LogP contribution in [-0.2, 0) is 10.2 Å². The van der Waals surface area contributed by atoms with E-state index in [1.807, 2.05) is 24.3 Å². The Bertz CT molecular complexity index is 1600. The van der Waals surface area contributed by atoms with E-state index < -0.39 is 30.2 Å². The minimum absolute atomic E-state index is 0.0454. The number of hydrogen-bond donors (Lipinski definition) is 5. The van der Waals surface area contributed by atoms with Gasteiger partial charge in [0.25, 0.3) is 0 Å². The normalized spacial score (nSPS) is 21.5. The van der Waals surface area contributed by atoms with Crippen LogP contribution in [0.25, 0.3) is 11.2 Å². The van der Waals surface area contributed by atoms with Gasteiger partial charge in [0.2, 0.25) is 0 Å². The number of fused-ring (bicyclic) bond motifs is 1. The minimum Gasteiger partial charge on any atom is -0.387 e. The summed E-state index contributed by atoms with van der Waals surface area (Å²) in [5.41, 5.74) is 2.57. The molecular weight excluding hydrogens is 612 g/mol. The maximum Gasteiger partial charge on any atom is 0.319 e.